The summed E-state index contributed by atoms with van der Waals surface area (Å²) >= 11 is 0. The molecule has 1 aromatic heterocycles. The molecule has 0 unspecified atom stereocenters. The maximum absolute atomic E-state index is 12.7. The fraction of sp³-hybridized carbons (Fsp3) is 0.636. The third-order valence-electron chi connectivity index (χ3n) is 3.10. The van der Waals surface area contributed by atoms with Gasteiger partial charge < -0.3 is 5.32 Å². The number of halogens is 3. The van der Waals surface area contributed by atoms with Crippen LogP contribution in [0, 0.1) is 0 Å². The summed E-state index contributed by atoms with van der Waals surface area (Å²) in [6, 6.07) is 1.07. The number of nitrogens with zero attached hydrogens (tertiary/aromatic N) is 2. The average molecular weight is 275 g/mol. The van der Waals surface area contributed by atoms with Gasteiger partial charge in [-0.25, -0.2) is 10.8 Å². The van der Waals surface area contributed by atoms with E-state index >= 15 is 0 Å². The van der Waals surface area contributed by atoms with Crippen molar-refractivity contribution in [3.05, 3.63) is 11.8 Å². The highest BCUT2D eigenvalue weighted by molar-refractivity contribution is 5.43. The van der Waals surface area contributed by atoms with Crippen molar-refractivity contribution in [2.75, 3.05) is 10.7 Å². The number of hydrazine groups is 1. The minimum Gasteiger partial charge on any atom is -0.367 e. The summed E-state index contributed by atoms with van der Waals surface area (Å²) in [7, 11) is 0. The van der Waals surface area contributed by atoms with Gasteiger partial charge in [-0.05, 0) is 12.8 Å². The summed E-state index contributed by atoms with van der Waals surface area (Å²) < 4.78 is 38.0. The minimum absolute atomic E-state index is 0.155. The van der Waals surface area contributed by atoms with Gasteiger partial charge >= 0.3 is 6.18 Å². The van der Waals surface area contributed by atoms with Gasteiger partial charge in [-0.2, -0.15) is 18.2 Å². The van der Waals surface area contributed by atoms with Crippen LogP contribution >= 0.6 is 0 Å². The van der Waals surface area contributed by atoms with Crippen molar-refractivity contribution in [1.82, 2.24) is 9.97 Å². The molecule has 5 nitrogen and oxygen atoms in total. The molecule has 0 aliphatic heterocycles. The standard InChI is InChI=1S/C11H16F3N5/c12-11(13,14)8-6-9(18-10(17-8)19-15)16-7-4-2-1-3-5-7/h6-7H,1-5,15H2,(H2,16,17,18,19). The van der Waals surface area contributed by atoms with Crippen molar-refractivity contribution < 1.29 is 13.2 Å². The van der Waals surface area contributed by atoms with Crippen LogP contribution in [0.5, 0.6) is 0 Å². The Bertz CT molecular complexity index is 429. The van der Waals surface area contributed by atoms with Crippen LogP contribution in [-0.2, 0) is 6.18 Å². The minimum atomic E-state index is -4.52. The molecule has 0 bridgehead atoms. The Balaban J connectivity index is 2.19. The lowest BCUT2D eigenvalue weighted by Gasteiger charge is -2.23. The number of hydrogen-bond donors (Lipinski definition) is 3. The van der Waals surface area contributed by atoms with Crippen molar-refractivity contribution in [1.29, 1.82) is 0 Å². The molecule has 1 heterocycles. The van der Waals surface area contributed by atoms with Crippen molar-refractivity contribution in [2.24, 2.45) is 5.84 Å². The highest BCUT2D eigenvalue weighted by Crippen LogP contribution is 2.30. The molecule has 1 fully saturated rings. The topological polar surface area (TPSA) is 75.9 Å². The summed E-state index contributed by atoms with van der Waals surface area (Å²) in [5, 5.41) is 3.02. The van der Waals surface area contributed by atoms with Gasteiger partial charge in [-0.15, -0.1) is 0 Å². The van der Waals surface area contributed by atoms with E-state index in [1.165, 1.54) is 6.42 Å². The molecule has 0 atom stereocenters. The van der Waals surface area contributed by atoms with E-state index in [0.29, 0.717) is 0 Å². The van der Waals surface area contributed by atoms with E-state index in [1.807, 2.05) is 0 Å². The second-order valence-electron chi connectivity index (χ2n) is 4.58. The molecule has 4 N–H and O–H groups in total. The molecular formula is C11H16F3N5. The van der Waals surface area contributed by atoms with Gasteiger partial charge in [0.1, 0.15) is 5.82 Å². The molecule has 1 aromatic rings. The van der Waals surface area contributed by atoms with Gasteiger partial charge in [-0.1, -0.05) is 19.3 Å². The van der Waals surface area contributed by atoms with Crippen molar-refractivity contribution in [3.8, 4) is 0 Å². The van der Waals surface area contributed by atoms with Crippen LogP contribution < -0.4 is 16.6 Å². The number of hydrogen-bond acceptors (Lipinski definition) is 5. The Labute approximate surface area is 108 Å². The molecule has 0 radical (unpaired) electrons. The lowest BCUT2D eigenvalue weighted by atomic mass is 9.95. The van der Waals surface area contributed by atoms with Gasteiger partial charge in [0.05, 0.1) is 0 Å². The van der Waals surface area contributed by atoms with Gasteiger partial charge in [0.25, 0.3) is 0 Å². The predicted molar refractivity (Wildman–Crippen MR) is 65.3 cm³/mol. The van der Waals surface area contributed by atoms with E-state index in [4.69, 9.17) is 5.84 Å². The van der Waals surface area contributed by atoms with E-state index in [2.05, 4.69) is 20.7 Å². The number of alkyl halides is 3. The monoisotopic (exact) mass is 275 g/mol. The summed E-state index contributed by atoms with van der Waals surface area (Å²) in [4.78, 5) is 7.21. The predicted octanol–water partition coefficient (Wildman–Crippen LogP) is 2.53. The zero-order valence-corrected chi connectivity index (χ0v) is 10.3. The Morgan fingerprint density at radius 1 is 1.16 bits per heavy atom. The maximum Gasteiger partial charge on any atom is 0.433 e. The van der Waals surface area contributed by atoms with Crippen molar-refractivity contribution >= 4 is 11.8 Å². The smallest absolute Gasteiger partial charge is 0.367 e. The van der Waals surface area contributed by atoms with E-state index < -0.39 is 11.9 Å². The number of nitrogen functional groups attached to an aromatic ring is 1. The summed E-state index contributed by atoms with van der Waals surface area (Å²) in [6.07, 6.45) is 0.699. The molecule has 19 heavy (non-hydrogen) atoms. The van der Waals surface area contributed by atoms with E-state index in [-0.39, 0.29) is 17.8 Å². The van der Waals surface area contributed by atoms with E-state index in [9.17, 15) is 13.2 Å². The van der Waals surface area contributed by atoms with Crippen LogP contribution in [0.3, 0.4) is 0 Å². The Morgan fingerprint density at radius 3 is 2.42 bits per heavy atom. The Morgan fingerprint density at radius 2 is 1.84 bits per heavy atom. The lowest BCUT2D eigenvalue weighted by Crippen LogP contribution is -2.24. The zero-order chi connectivity index (χ0) is 13.9. The highest BCUT2D eigenvalue weighted by atomic mass is 19.4. The molecule has 2 rings (SSSR count). The maximum atomic E-state index is 12.7. The number of nitrogens with two attached hydrogens (primary N) is 1. The molecule has 0 amide bonds. The van der Waals surface area contributed by atoms with Crippen LogP contribution in [0.2, 0.25) is 0 Å². The first-order valence-corrected chi connectivity index (χ1v) is 6.18. The molecular weight excluding hydrogens is 259 g/mol. The largest absolute Gasteiger partial charge is 0.433 e. The fourth-order valence-electron chi connectivity index (χ4n) is 2.19. The number of rotatable bonds is 3. The molecule has 106 valence electrons. The first kappa shape index (κ1) is 13.9. The fourth-order valence-corrected chi connectivity index (χ4v) is 2.19. The molecule has 1 aliphatic carbocycles. The van der Waals surface area contributed by atoms with Gasteiger partial charge in [0.15, 0.2) is 5.69 Å². The number of nitrogens with one attached hydrogen (secondary N) is 2. The van der Waals surface area contributed by atoms with Gasteiger partial charge in [-0.3, -0.25) is 5.43 Å². The molecule has 1 saturated carbocycles. The Kier molecular flexibility index (Phi) is 4.08. The normalized spacial score (nSPS) is 17.3. The average Bonchev–Trinajstić information content (AvgIpc) is 2.38. The summed E-state index contributed by atoms with van der Waals surface area (Å²) in [5.41, 5.74) is 1.05. The third kappa shape index (κ3) is 3.69. The second-order valence-corrected chi connectivity index (χ2v) is 4.58. The molecule has 0 spiro atoms. The van der Waals surface area contributed by atoms with Gasteiger partial charge in [0, 0.05) is 12.1 Å². The molecule has 1 aliphatic rings. The van der Waals surface area contributed by atoms with Gasteiger partial charge in [0.2, 0.25) is 5.95 Å². The molecule has 0 saturated heterocycles. The second kappa shape index (κ2) is 5.60. The van der Waals surface area contributed by atoms with E-state index in [1.54, 1.807) is 0 Å². The van der Waals surface area contributed by atoms with Crippen molar-refractivity contribution in [2.45, 2.75) is 44.3 Å². The zero-order valence-electron chi connectivity index (χ0n) is 10.3. The lowest BCUT2D eigenvalue weighted by molar-refractivity contribution is -0.141. The van der Waals surface area contributed by atoms with Crippen LogP contribution in [0.4, 0.5) is 24.9 Å². The molecule has 0 aromatic carbocycles. The SMILES string of the molecule is NNc1nc(NC2CCCCC2)cc(C(F)(F)F)n1. The van der Waals surface area contributed by atoms with Crippen LogP contribution in [0.25, 0.3) is 0 Å². The van der Waals surface area contributed by atoms with Crippen molar-refractivity contribution in [3.63, 3.8) is 0 Å². The van der Waals surface area contributed by atoms with Crippen LogP contribution in [0.15, 0.2) is 6.07 Å². The van der Waals surface area contributed by atoms with Crippen LogP contribution in [0.1, 0.15) is 37.8 Å². The first-order chi connectivity index (χ1) is 8.99. The summed E-state index contributed by atoms with van der Waals surface area (Å²) in [5.74, 6) is 5.01. The van der Waals surface area contributed by atoms with E-state index in [0.717, 1.165) is 31.7 Å². The summed E-state index contributed by atoms with van der Waals surface area (Å²) in [6.45, 7) is 0. The third-order valence-corrected chi connectivity index (χ3v) is 3.10. The van der Waals surface area contributed by atoms with Crippen LogP contribution in [-0.4, -0.2) is 16.0 Å². The first-order valence-electron chi connectivity index (χ1n) is 6.18. The number of anilines is 2. The Hall–Kier alpha value is -1.57. The quantitative estimate of drug-likeness (QED) is 0.584. The number of aromatic nitrogens is 2. The highest BCUT2D eigenvalue weighted by Gasteiger charge is 2.34. The molecule has 8 heteroatoms.